The highest BCUT2D eigenvalue weighted by Gasteiger charge is 2.00. The molecule has 0 fully saturated rings. The molecule has 0 saturated carbocycles. The van der Waals surface area contributed by atoms with Gasteiger partial charge in [-0.2, -0.15) is 0 Å². The van der Waals surface area contributed by atoms with Gasteiger partial charge in [0, 0.05) is 11.4 Å². The molecule has 0 atom stereocenters. The van der Waals surface area contributed by atoms with Crippen LogP contribution in [0.25, 0.3) is 16.7 Å². The van der Waals surface area contributed by atoms with Gasteiger partial charge in [0.25, 0.3) is 0 Å². The maximum atomic E-state index is 4.50. The van der Waals surface area contributed by atoms with Gasteiger partial charge in [-0.3, -0.25) is 0 Å². The SMILES string of the molecule is C=C/C(=C\C)c1ccc(Nc2ccc(-c3ccccc3)cc2)cc1.CC.CC.CN. The normalized spacial score (nSPS) is 9.50. The Kier molecular flexibility index (Phi) is 15.1. The van der Waals surface area contributed by atoms with Crippen molar-refractivity contribution in [3.63, 3.8) is 0 Å². The topological polar surface area (TPSA) is 38.0 Å². The molecule has 3 aromatic rings. The van der Waals surface area contributed by atoms with Gasteiger partial charge in [-0.25, -0.2) is 0 Å². The lowest BCUT2D eigenvalue weighted by atomic mass is 10.0. The first-order chi connectivity index (χ1) is 14.8. The fraction of sp³-hybridized carbons (Fsp3) is 0.214. The van der Waals surface area contributed by atoms with E-state index in [0.29, 0.717) is 0 Å². The first kappa shape index (κ1) is 26.9. The minimum Gasteiger partial charge on any atom is -0.356 e. The summed E-state index contributed by atoms with van der Waals surface area (Å²) >= 11 is 0. The van der Waals surface area contributed by atoms with Gasteiger partial charge in [-0.1, -0.05) is 101 Å². The van der Waals surface area contributed by atoms with Crippen LogP contribution < -0.4 is 11.1 Å². The molecule has 0 bridgehead atoms. The quantitative estimate of drug-likeness (QED) is 0.421. The van der Waals surface area contributed by atoms with Gasteiger partial charge in [0.2, 0.25) is 0 Å². The zero-order valence-corrected chi connectivity index (χ0v) is 19.4. The van der Waals surface area contributed by atoms with Crippen LogP contribution >= 0.6 is 0 Å². The van der Waals surface area contributed by atoms with Gasteiger partial charge < -0.3 is 11.1 Å². The van der Waals surface area contributed by atoms with Crippen molar-refractivity contribution in [1.82, 2.24) is 0 Å². The maximum Gasteiger partial charge on any atom is 0.0384 e. The average molecular weight is 403 g/mol. The third-order valence-electron chi connectivity index (χ3n) is 4.03. The molecule has 0 aliphatic rings. The highest BCUT2D eigenvalue weighted by molar-refractivity contribution is 5.75. The monoisotopic (exact) mass is 402 g/mol. The third kappa shape index (κ3) is 8.50. The highest BCUT2D eigenvalue weighted by atomic mass is 14.9. The molecular formula is C28H38N2. The Bertz CT molecular complexity index is 830. The van der Waals surface area contributed by atoms with Crippen molar-refractivity contribution in [3.8, 4) is 11.1 Å². The van der Waals surface area contributed by atoms with Crippen LogP contribution in [-0.4, -0.2) is 7.05 Å². The number of anilines is 2. The molecule has 3 N–H and O–H groups in total. The lowest BCUT2D eigenvalue weighted by Gasteiger charge is -2.09. The summed E-state index contributed by atoms with van der Waals surface area (Å²) in [7, 11) is 1.50. The molecular weight excluding hydrogens is 364 g/mol. The van der Waals surface area contributed by atoms with E-state index in [4.69, 9.17) is 0 Å². The standard InChI is InChI=1S/C23H21N.2C2H6.CH5N/c1-3-18(4-2)20-10-14-22(15-11-20)24-23-16-12-21(13-17-23)19-8-6-5-7-9-19;3*1-2/h3-17,24H,1H2,2H3;2*1-2H3;2H2,1H3/b18-4+;;;. The number of benzene rings is 3. The summed E-state index contributed by atoms with van der Waals surface area (Å²) in [5, 5.41) is 3.44. The van der Waals surface area contributed by atoms with E-state index in [1.807, 2.05) is 46.8 Å². The van der Waals surface area contributed by atoms with Crippen LogP contribution in [0.5, 0.6) is 0 Å². The Morgan fingerprint density at radius 2 is 1.13 bits per heavy atom. The number of hydrogen-bond acceptors (Lipinski definition) is 2. The summed E-state index contributed by atoms with van der Waals surface area (Å²) in [5.41, 5.74) is 11.4. The first-order valence-electron chi connectivity index (χ1n) is 10.7. The molecule has 2 nitrogen and oxygen atoms in total. The van der Waals surface area contributed by atoms with Crippen molar-refractivity contribution in [2.24, 2.45) is 5.73 Å². The number of allylic oxidation sites excluding steroid dienone is 3. The van der Waals surface area contributed by atoms with Crippen LogP contribution in [0.2, 0.25) is 0 Å². The van der Waals surface area contributed by atoms with E-state index in [-0.39, 0.29) is 0 Å². The molecule has 0 aliphatic carbocycles. The van der Waals surface area contributed by atoms with E-state index >= 15 is 0 Å². The third-order valence-corrected chi connectivity index (χ3v) is 4.03. The molecule has 2 heteroatoms. The van der Waals surface area contributed by atoms with Crippen LogP contribution in [0.4, 0.5) is 11.4 Å². The van der Waals surface area contributed by atoms with Gasteiger partial charge in [-0.15, -0.1) is 0 Å². The summed E-state index contributed by atoms with van der Waals surface area (Å²) in [5.74, 6) is 0. The minimum atomic E-state index is 1.07. The second-order valence-electron chi connectivity index (χ2n) is 5.59. The second-order valence-corrected chi connectivity index (χ2v) is 5.59. The summed E-state index contributed by atoms with van der Waals surface area (Å²) in [4.78, 5) is 0. The molecule has 160 valence electrons. The van der Waals surface area contributed by atoms with E-state index in [0.717, 1.165) is 16.9 Å². The van der Waals surface area contributed by atoms with Crippen LogP contribution in [0, 0.1) is 0 Å². The molecule has 0 aliphatic heterocycles. The van der Waals surface area contributed by atoms with Crippen LogP contribution in [0.15, 0.2) is 97.6 Å². The van der Waals surface area contributed by atoms with E-state index < -0.39 is 0 Å². The van der Waals surface area contributed by atoms with Crippen LogP contribution in [0.3, 0.4) is 0 Å². The Morgan fingerprint density at radius 1 is 0.700 bits per heavy atom. The van der Waals surface area contributed by atoms with Crippen molar-refractivity contribution < 1.29 is 0 Å². The largest absolute Gasteiger partial charge is 0.356 e. The molecule has 0 spiro atoms. The van der Waals surface area contributed by atoms with Crippen molar-refractivity contribution in [2.75, 3.05) is 12.4 Å². The molecule has 30 heavy (non-hydrogen) atoms. The van der Waals surface area contributed by atoms with E-state index in [2.05, 4.69) is 96.5 Å². The lowest BCUT2D eigenvalue weighted by molar-refractivity contribution is 1.48. The second kappa shape index (κ2) is 16.8. The van der Waals surface area contributed by atoms with Gasteiger partial charge in [-0.05, 0) is 60.5 Å². The predicted octanol–water partition coefficient (Wildman–Crippen LogP) is 8.31. The number of nitrogens with two attached hydrogens (primary N) is 1. The molecule has 3 aromatic carbocycles. The summed E-state index contributed by atoms with van der Waals surface area (Å²) in [6, 6.07) is 27.3. The smallest absolute Gasteiger partial charge is 0.0384 e. The Hall–Kier alpha value is -3.10. The molecule has 0 heterocycles. The van der Waals surface area contributed by atoms with Gasteiger partial charge in [0.15, 0.2) is 0 Å². The minimum absolute atomic E-state index is 1.07. The molecule has 0 amide bonds. The van der Waals surface area contributed by atoms with Crippen molar-refractivity contribution in [3.05, 3.63) is 103 Å². The van der Waals surface area contributed by atoms with E-state index in [1.165, 1.54) is 23.7 Å². The fourth-order valence-electron chi connectivity index (χ4n) is 2.69. The highest BCUT2D eigenvalue weighted by Crippen LogP contribution is 2.24. The van der Waals surface area contributed by atoms with E-state index in [1.54, 1.807) is 0 Å². The average Bonchev–Trinajstić information content (AvgIpc) is 2.86. The lowest BCUT2D eigenvalue weighted by Crippen LogP contribution is -1.90. The first-order valence-corrected chi connectivity index (χ1v) is 10.7. The van der Waals surface area contributed by atoms with E-state index in [9.17, 15) is 0 Å². The number of rotatable bonds is 5. The van der Waals surface area contributed by atoms with Crippen molar-refractivity contribution in [1.29, 1.82) is 0 Å². The maximum absolute atomic E-state index is 4.50. The molecule has 0 aromatic heterocycles. The van der Waals surface area contributed by atoms with Gasteiger partial charge >= 0.3 is 0 Å². The van der Waals surface area contributed by atoms with Crippen molar-refractivity contribution >= 4 is 16.9 Å². The summed E-state index contributed by atoms with van der Waals surface area (Å²) in [6.07, 6.45) is 3.95. The molecule has 3 rings (SSSR count). The van der Waals surface area contributed by atoms with Gasteiger partial charge in [0.1, 0.15) is 0 Å². The van der Waals surface area contributed by atoms with Crippen molar-refractivity contribution in [2.45, 2.75) is 34.6 Å². The Morgan fingerprint density at radius 3 is 1.57 bits per heavy atom. The predicted molar refractivity (Wildman–Crippen MR) is 138 cm³/mol. The fourth-order valence-corrected chi connectivity index (χ4v) is 2.69. The zero-order valence-electron chi connectivity index (χ0n) is 19.4. The zero-order chi connectivity index (χ0) is 22.8. The number of hydrogen-bond donors (Lipinski definition) is 2. The van der Waals surface area contributed by atoms with Gasteiger partial charge in [0.05, 0.1) is 0 Å². The Balaban J connectivity index is 0.00000129. The van der Waals surface area contributed by atoms with Crippen LogP contribution in [0.1, 0.15) is 40.2 Å². The van der Waals surface area contributed by atoms with Crippen LogP contribution in [-0.2, 0) is 0 Å². The molecule has 0 unspecified atom stereocenters. The summed E-state index contributed by atoms with van der Waals surface area (Å²) < 4.78 is 0. The Labute approximate surface area is 184 Å². The molecule has 0 saturated heterocycles. The molecule has 0 radical (unpaired) electrons. The number of nitrogens with one attached hydrogen (secondary N) is 1. The summed E-state index contributed by atoms with van der Waals surface area (Å²) in [6.45, 7) is 13.9.